The number of nitrogen functional groups attached to an aromatic ring is 1. The lowest BCUT2D eigenvalue weighted by atomic mass is 10.1. The van der Waals surface area contributed by atoms with Crippen molar-refractivity contribution in [3.8, 4) is 0 Å². The highest BCUT2D eigenvalue weighted by Gasteiger charge is 2.21. The van der Waals surface area contributed by atoms with Crippen molar-refractivity contribution < 1.29 is 0 Å². The number of nitrogens with two attached hydrogens (primary N) is 1. The Hall–Kier alpha value is -1.55. The first-order valence-electron chi connectivity index (χ1n) is 5.34. The number of rotatable bonds is 2. The molecule has 2 aromatic rings. The van der Waals surface area contributed by atoms with Crippen molar-refractivity contribution in [2.24, 2.45) is 0 Å². The van der Waals surface area contributed by atoms with E-state index in [1.54, 1.807) is 11.3 Å². The van der Waals surface area contributed by atoms with E-state index in [1.807, 2.05) is 17.6 Å². The van der Waals surface area contributed by atoms with Crippen molar-refractivity contribution in [2.75, 3.05) is 17.2 Å². The van der Waals surface area contributed by atoms with Crippen LogP contribution in [-0.2, 0) is 13.0 Å². The molecule has 0 fully saturated rings. The summed E-state index contributed by atoms with van der Waals surface area (Å²) in [5.74, 6) is 0. The first-order chi connectivity index (χ1) is 7.84. The second kappa shape index (κ2) is 3.79. The Kier molecular flexibility index (Phi) is 2.29. The monoisotopic (exact) mass is 231 g/mol. The minimum atomic E-state index is 0.866. The Morgan fingerprint density at radius 3 is 3.19 bits per heavy atom. The van der Waals surface area contributed by atoms with Gasteiger partial charge in [0.2, 0.25) is 0 Å². The summed E-state index contributed by atoms with van der Waals surface area (Å²) in [5, 5.41) is 2.09. The van der Waals surface area contributed by atoms with E-state index in [0.29, 0.717) is 0 Å². The standard InChI is InChI=1S/C12H13N3S/c13-11-3-1-2-9-4-5-15(12(9)11)6-10-7-16-8-14-10/h1-3,7-8H,4-6,13H2. The zero-order valence-electron chi connectivity index (χ0n) is 8.89. The summed E-state index contributed by atoms with van der Waals surface area (Å²) < 4.78 is 0. The SMILES string of the molecule is Nc1cccc2c1N(Cc1cscn1)CC2. The van der Waals surface area contributed by atoms with Crippen LogP contribution in [0.4, 0.5) is 11.4 Å². The molecule has 2 N–H and O–H groups in total. The van der Waals surface area contributed by atoms with Crippen molar-refractivity contribution in [1.29, 1.82) is 0 Å². The average Bonchev–Trinajstić information content (AvgIpc) is 2.90. The van der Waals surface area contributed by atoms with Gasteiger partial charge in [-0.3, -0.25) is 0 Å². The molecule has 1 aromatic heterocycles. The van der Waals surface area contributed by atoms with Crippen LogP contribution in [0.1, 0.15) is 11.3 Å². The molecular formula is C12H13N3S. The van der Waals surface area contributed by atoms with Crippen molar-refractivity contribution in [3.63, 3.8) is 0 Å². The summed E-state index contributed by atoms with van der Waals surface area (Å²) in [4.78, 5) is 6.64. The highest BCUT2D eigenvalue weighted by atomic mass is 32.1. The van der Waals surface area contributed by atoms with E-state index >= 15 is 0 Å². The minimum Gasteiger partial charge on any atom is -0.397 e. The quantitative estimate of drug-likeness (QED) is 0.806. The predicted octanol–water partition coefficient (Wildman–Crippen LogP) is 2.29. The van der Waals surface area contributed by atoms with Crippen LogP contribution in [0.2, 0.25) is 0 Å². The molecule has 1 aromatic carbocycles. The first kappa shape index (κ1) is 9.66. The van der Waals surface area contributed by atoms with Crippen LogP contribution in [0, 0.1) is 0 Å². The lowest BCUT2D eigenvalue weighted by Gasteiger charge is -2.19. The fourth-order valence-electron chi connectivity index (χ4n) is 2.24. The van der Waals surface area contributed by atoms with E-state index in [0.717, 1.165) is 30.9 Å². The number of hydrogen-bond acceptors (Lipinski definition) is 4. The third-order valence-electron chi connectivity index (χ3n) is 2.95. The number of benzene rings is 1. The molecule has 0 radical (unpaired) electrons. The molecule has 2 heterocycles. The first-order valence-corrected chi connectivity index (χ1v) is 6.28. The normalized spacial score (nSPS) is 14.1. The van der Waals surface area contributed by atoms with E-state index in [9.17, 15) is 0 Å². The summed E-state index contributed by atoms with van der Waals surface area (Å²) >= 11 is 1.64. The molecule has 0 aliphatic carbocycles. The molecule has 0 unspecified atom stereocenters. The molecule has 16 heavy (non-hydrogen) atoms. The highest BCUT2D eigenvalue weighted by molar-refractivity contribution is 7.07. The van der Waals surface area contributed by atoms with E-state index in [-0.39, 0.29) is 0 Å². The van der Waals surface area contributed by atoms with Gasteiger partial charge < -0.3 is 10.6 Å². The van der Waals surface area contributed by atoms with E-state index in [4.69, 9.17) is 5.73 Å². The molecule has 0 saturated carbocycles. The van der Waals surface area contributed by atoms with Crippen LogP contribution in [0.25, 0.3) is 0 Å². The van der Waals surface area contributed by atoms with Gasteiger partial charge in [-0.2, -0.15) is 0 Å². The highest BCUT2D eigenvalue weighted by Crippen LogP contribution is 2.34. The second-order valence-electron chi connectivity index (χ2n) is 4.01. The van der Waals surface area contributed by atoms with Crippen LogP contribution < -0.4 is 10.6 Å². The van der Waals surface area contributed by atoms with Crippen molar-refractivity contribution in [3.05, 3.63) is 40.3 Å². The molecule has 0 saturated heterocycles. The van der Waals surface area contributed by atoms with Crippen LogP contribution in [0.15, 0.2) is 29.1 Å². The van der Waals surface area contributed by atoms with Gasteiger partial charge in [0.25, 0.3) is 0 Å². The number of para-hydroxylation sites is 1. The van der Waals surface area contributed by atoms with Gasteiger partial charge >= 0.3 is 0 Å². The summed E-state index contributed by atoms with van der Waals surface area (Å²) in [7, 11) is 0. The molecule has 0 spiro atoms. The van der Waals surface area contributed by atoms with E-state index < -0.39 is 0 Å². The maximum atomic E-state index is 6.03. The summed E-state index contributed by atoms with van der Waals surface area (Å²) in [6.07, 6.45) is 1.09. The van der Waals surface area contributed by atoms with Gasteiger partial charge in [0.05, 0.1) is 29.1 Å². The number of thiazole rings is 1. The number of nitrogens with zero attached hydrogens (tertiary/aromatic N) is 2. The molecular weight excluding hydrogens is 218 g/mol. The van der Waals surface area contributed by atoms with Crippen molar-refractivity contribution in [1.82, 2.24) is 4.98 Å². The Balaban J connectivity index is 1.91. The van der Waals surface area contributed by atoms with Gasteiger partial charge in [-0.15, -0.1) is 11.3 Å². The van der Waals surface area contributed by atoms with Gasteiger partial charge in [0.1, 0.15) is 0 Å². The molecule has 0 bridgehead atoms. The summed E-state index contributed by atoms with van der Waals surface area (Å²) in [6, 6.07) is 6.16. The molecule has 3 nitrogen and oxygen atoms in total. The molecule has 1 aliphatic rings. The maximum absolute atomic E-state index is 6.03. The largest absolute Gasteiger partial charge is 0.397 e. The molecule has 82 valence electrons. The lowest BCUT2D eigenvalue weighted by molar-refractivity contribution is 0.820. The van der Waals surface area contributed by atoms with Crippen LogP contribution in [0.3, 0.4) is 0 Å². The fourth-order valence-corrected chi connectivity index (χ4v) is 2.78. The van der Waals surface area contributed by atoms with Gasteiger partial charge in [-0.05, 0) is 18.1 Å². The number of hydrogen-bond donors (Lipinski definition) is 1. The fraction of sp³-hybridized carbons (Fsp3) is 0.250. The lowest BCUT2D eigenvalue weighted by Crippen LogP contribution is -2.20. The smallest absolute Gasteiger partial charge is 0.0795 e. The van der Waals surface area contributed by atoms with Gasteiger partial charge in [0, 0.05) is 11.9 Å². The third-order valence-corrected chi connectivity index (χ3v) is 3.59. The number of aromatic nitrogens is 1. The zero-order valence-corrected chi connectivity index (χ0v) is 9.70. The molecule has 1 aliphatic heterocycles. The zero-order chi connectivity index (χ0) is 11.0. The van der Waals surface area contributed by atoms with Crippen molar-refractivity contribution >= 4 is 22.7 Å². The van der Waals surface area contributed by atoms with Crippen LogP contribution >= 0.6 is 11.3 Å². The molecule has 4 heteroatoms. The molecule has 0 amide bonds. The Bertz CT molecular complexity index is 493. The summed E-state index contributed by atoms with van der Waals surface area (Å²) in [5.41, 5.74) is 12.5. The topological polar surface area (TPSA) is 42.1 Å². The van der Waals surface area contributed by atoms with Crippen LogP contribution in [-0.4, -0.2) is 11.5 Å². The van der Waals surface area contributed by atoms with E-state index in [2.05, 4.69) is 21.3 Å². The Labute approximate surface area is 98.5 Å². The molecule has 0 atom stereocenters. The summed E-state index contributed by atoms with van der Waals surface area (Å²) in [6.45, 7) is 1.91. The second-order valence-corrected chi connectivity index (χ2v) is 4.72. The van der Waals surface area contributed by atoms with Crippen LogP contribution in [0.5, 0.6) is 0 Å². The third kappa shape index (κ3) is 1.55. The van der Waals surface area contributed by atoms with E-state index in [1.165, 1.54) is 11.3 Å². The van der Waals surface area contributed by atoms with Gasteiger partial charge in [-0.25, -0.2) is 4.98 Å². The average molecular weight is 231 g/mol. The maximum Gasteiger partial charge on any atom is 0.0795 e. The predicted molar refractivity (Wildman–Crippen MR) is 67.7 cm³/mol. The van der Waals surface area contributed by atoms with Crippen molar-refractivity contribution in [2.45, 2.75) is 13.0 Å². The molecule has 3 rings (SSSR count). The number of anilines is 2. The number of fused-ring (bicyclic) bond motifs is 1. The Morgan fingerprint density at radius 1 is 1.44 bits per heavy atom. The van der Waals surface area contributed by atoms with Gasteiger partial charge in [0.15, 0.2) is 0 Å². The minimum absolute atomic E-state index is 0.866. The van der Waals surface area contributed by atoms with Gasteiger partial charge in [-0.1, -0.05) is 12.1 Å². The Morgan fingerprint density at radius 2 is 2.38 bits per heavy atom.